The predicted molar refractivity (Wildman–Crippen MR) is 64.9 cm³/mol. The first-order chi connectivity index (χ1) is 7.18. The molecule has 2 heteroatoms. The molecule has 2 unspecified atom stereocenters. The van der Waals surface area contributed by atoms with Crippen LogP contribution in [-0.4, -0.2) is 18.8 Å². The summed E-state index contributed by atoms with van der Waals surface area (Å²) in [6.07, 6.45) is 9.10. The van der Waals surface area contributed by atoms with Gasteiger partial charge in [0.2, 0.25) is 0 Å². The van der Waals surface area contributed by atoms with E-state index in [-0.39, 0.29) is 0 Å². The maximum atomic E-state index is 6.08. The summed E-state index contributed by atoms with van der Waals surface area (Å²) in [6, 6.07) is 0.396. The highest BCUT2D eigenvalue weighted by Gasteiger charge is 2.16. The lowest BCUT2D eigenvalue weighted by Crippen LogP contribution is -2.22. The van der Waals surface area contributed by atoms with Gasteiger partial charge in [-0.2, -0.15) is 0 Å². The van der Waals surface area contributed by atoms with Crippen molar-refractivity contribution in [3.63, 3.8) is 0 Å². The zero-order valence-corrected chi connectivity index (χ0v) is 10.4. The van der Waals surface area contributed by atoms with Crippen LogP contribution in [0.3, 0.4) is 0 Å². The van der Waals surface area contributed by atoms with Crippen LogP contribution in [0.1, 0.15) is 58.8 Å². The third-order valence-electron chi connectivity index (χ3n) is 3.24. The highest BCUT2D eigenvalue weighted by molar-refractivity contribution is 4.69. The minimum Gasteiger partial charge on any atom is -0.378 e. The molecular formula is C13H27NO. The van der Waals surface area contributed by atoms with E-state index in [2.05, 4.69) is 13.8 Å². The summed E-state index contributed by atoms with van der Waals surface area (Å²) in [5, 5.41) is 0. The summed E-state index contributed by atoms with van der Waals surface area (Å²) < 4.78 is 5.59. The number of nitrogens with two attached hydrogens (primary N) is 1. The van der Waals surface area contributed by atoms with E-state index in [9.17, 15) is 0 Å². The minimum atomic E-state index is 0.396. The molecule has 1 saturated heterocycles. The first-order valence-electron chi connectivity index (χ1n) is 6.55. The molecule has 2 atom stereocenters. The molecule has 15 heavy (non-hydrogen) atoms. The summed E-state index contributed by atoms with van der Waals surface area (Å²) in [4.78, 5) is 0. The maximum absolute atomic E-state index is 6.08. The molecule has 1 heterocycles. The van der Waals surface area contributed by atoms with Crippen LogP contribution in [0.5, 0.6) is 0 Å². The third kappa shape index (κ3) is 6.16. The molecule has 1 aliphatic rings. The molecule has 0 bridgehead atoms. The first-order valence-corrected chi connectivity index (χ1v) is 6.55. The lowest BCUT2D eigenvalue weighted by Gasteiger charge is -2.15. The fourth-order valence-electron chi connectivity index (χ4n) is 2.20. The van der Waals surface area contributed by atoms with Crippen molar-refractivity contribution in [2.75, 3.05) is 6.61 Å². The topological polar surface area (TPSA) is 35.2 Å². The van der Waals surface area contributed by atoms with Gasteiger partial charge in [-0.15, -0.1) is 0 Å². The van der Waals surface area contributed by atoms with Gasteiger partial charge in [0.05, 0.1) is 6.10 Å². The highest BCUT2D eigenvalue weighted by atomic mass is 16.5. The minimum absolute atomic E-state index is 0.396. The van der Waals surface area contributed by atoms with Crippen LogP contribution >= 0.6 is 0 Å². The molecule has 1 fully saturated rings. The Morgan fingerprint density at radius 3 is 2.67 bits per heavy atom. The number of hydrogen-bond acceptors (Lipinski definition) is 2. The van der Waals surface area contributed by atoms with Gasteiger partial charge in [0.15, 0.2) is 0 Å². The molecular weight excluding hydrogens is 186 g/mol. The second kappa shape index (κ2) is 7.24. The van der Waals surface area contributed by atoms with Crippen LogP contribution in [0.15, 0.2) is 0 Å². The van der Waals surface area contributed by atoms with Crippen LogP contribution in [0.4, 0.5) is 0 Å². The average Bonchev–Trinajstić information content (AvgIpc) is 2.66. The molecule has 1 rings (SSSR count). The predicted octanol–water partition coefficient (Wildman–Crippen LogP) is 3.10. The zero-order valence-electron chi connectivity index (χ0n) is 10.4. The Morgan fingerprint density at radius 2 is 2.07 bits per heavy atom. The summed E-state index contributed by atoms with van der Waals surface area (Å²) in [7, 11) is 0. The largest absolute Gasteiger partial charge is 0.378 e. The van der Waals surface area contributed by atoms with E-state index in [1.807, 2.05) is 0 Å². The maximum Gasteiger partial charge on any atom is 0.0576 e. The molecule has 0 radical (unpaired) electrons. The normalized spacial score (nSPS) is 23.6. The van der Waals surface area contributed by atoms with Crippen molar-refractivity contribution < 1.29 is 4.74 Å². The van der Waals surface area contributed by atoms with E-state index in [4.69, 9.17) is 10.5 Å². The van der Waals surface area contributed by atoms with Crippen LogP contribution in [-0.2, 0) is 4.74 Å². The quantitative estimate of drug-likeness (QED) is 0.705. The van der Waals surface area contributed by atoms with Gasteiger partial charge < -0.3 is 10.5 Å². The van der Waals surface area contributed by atoms with E-state index < -0.39 is 0 Å². The first kappa shape index (κ1) is 13.0. The van der Waals surface area contributed by atoms with E-state index in [0.717, 1.165) is 18.9 Å². The van der Waals surface area contributed by atoms with E-state index in [0.29, 0.717) is 12.1 Å². The standard InChI is InChI=1S/C13H27NO/c1-11(2)5-3-6-12(14)8-9-13-7-4-10-15-13/h11-13H,3-10,14H2,1-2H3. The fraction of sp³-hybridized carbons (Fsp3) is 1.00. The van der Waals surface area contributed by atoms with E-state index >= 15 is 0 Å². The van der Waals surface area contributed by atoms with Crippen molar-refractivity contribution in [2.45, 2.75) is 70.9 Å². The monoisotopic (exact) mass is 213 g/mol. The Kier molecular flexibility index (Phi) is 6.26. The SMILES string of the molecule is CC(C)CCCC(N)CCC1CCCO1. The molecule has 1 aliphatic heterocycles. The van der Waals surface area contributed by atoms with Gasteiger partial charge in [0.25, 0.3) is 0 Å². The van der Waals surface area contributed by atoms with Gasteiger partial charge in [-0.05, 0) is 38.0 Å². The second-order valence-electron chi connectivity index (χ2n) is 5.30. The van der Waals surface area contributed by atoms with Gasteiger partial charge >= 0.3 is 0 Å². The smallest absolute Gasteiger partial charge is 0.0576 e. The molecule has 0 saturated carbocycles. The molecule has 0 spiro atoms. The molecule has 0 aromatic heterocycles. The fourth-order valence-corrected chi connectivity index (χ4v) is 2.20. The van der Waals surface area contributed by atoms with Gasteiger partial charge in [-0.1, -0.05) is 26.7 Å². The molecule has 90 valence electrons. The number of hydrogen-bond donors (Lipinski definition) is 1. The molecule has 0 aliphatic carbocycles. The van der Waals surface area contributed by atoms with Gasteiger partial charge in [-0.3, -0.25) is 0 Å². The van der Waals surface area contributed by atoms with Gasteiger partial charge in [0, 0.05) is 12.6 Å². The molecule has 0 aromatic carbocycles. The van der Waals surface area contributed by atoms with Crippen molar-refractivity contribution in [3.05, 3.63) is 0 Å². The van der Waals surface area contributed by atoms with E-state index in [1.165, 1.54) is 38.5 Å². The number of rotatable bonds is 7. The van der Waals surface area contributed by atoms with Crippen molar-refractivity contribution >= 4 is 0 Å². The Morgan fingerprint density at radius 1 is 1.27 bits per heavy atom. The Bertz CT molecular complexity index is 153. The Hall–Kier alpha value is -0.0800. The van der Waals surface area contributed by atoms with Gasteiger partial charge in [0.1, 0.15) is 0 Å². The van der Waals surface area contributed by atoms with E-state index in [1.54, 1.807) is 0 Å². The van der Waals surface area contributed by atoms with Gasteiger partial charge in [-0.25, -0.2) is 0 Å². The summed E-state index contributed by atoms with van der Waals surface area (Å²) in [6.45, 7) is 5.52. The summed E-state index contributed by atoms with van der Waals surface area (Å²) in [5.41, 5.74) is 6.08. The van der Waals surface area contributed by atoms with Crippen LogP contribution in [0.25, 0.3) is 0 Å². The highest BCUT2D eigenvalue weighted by Crippen LogP contribution is 2.18. The third-order valence-corrected chi connectivity index (χ3v) is 3.24. The average molecular weight is 213 g/mol. The van der Waals surface area contributed by atoms with Crippen LogP contribution in [0, 0.1) is 5.92 Å². The Balaban J connectivity index is 1.95. The Labute approximate surface area is 94.6 Å². The lowest BCUT2D eigenvalue weighted by molar-refractivity contribution is 0.100. The molecule has 2 N–H and O–H groups in total. The molecule has 0 amide bonds. The zero-order chi connectivity index (χ0) is 11.1. The molecule has 2 nitrogen and oxygen atoms in total. The van der Waals surface area contributed by atoms with Crippen molar-refractivity contribution in [3.8, 4) is 0 Å². The summed E-state index contributed by atoms with van der Waals surface area (Å²) in [5.74, 6) is 0.815. The molecule has 0 aromatic rings. The number of ether oxygens (including phenoxy) is 1. The van der Waals surface area contributed by atoms with Crippen LogP contribution < -0.4 is 5.73 Å². The second-order valence-corrected chi connectivity index (χ2v) is 5.30. The van der Waals surface area contributed by atoms with Crippen molar-refractivity contribution in [1.82, 2.24) is 0 Å². The van der Waals surface area contributed by atoms with Crippen LogP contribution in [0.2, 0.25) is 0 Å². The van der Waals surface area contributed by atoms with Crippen molar-refractivity contribution in [2.24, 2.45) is 11.7 Å². The van der Waals surface area contributed by atoms with Crippen molar-refractivity contribution in [1.29, 1.82) is 0 Å². The summed E-state index contributed by atoms with van der Waals surface area (Å²) >= 11 is 0. The lowest BCUT2D eigenvalue weighted by atomic mass is 9.99.